The summed E-state index contributed by atoms with van der Waals surface area (Å²) in [5, 5.41) is 4.21. The Labute approximate surface area is 119 Å². The lowest BCUT2D eigenvalue weighted by Gasteiger charge is -2.08. The van der Waals surface area contributed by atoms with Crippen molar-refractivity contribution in [3.63, 3.8) is 0 Å². The zero-order valence-corrected chi connectivity index (χ0v) is 11.4. The Morgan fingerprint density at radius 3 is 2.89 bits per heavy atom. The number of nitrogens with one attached hydrogen (secondary N) is 2. The number of hydrogen-bond acceptors (Lipinski definition) is 4. The van der Waals surface area contributed by atoms with Crippen LogP contribution in [0.1, 0.15) is 5.56 Å². The van der Waals surface area contributed by atoms with E-state index in [2.05, 4.69) is 15.3 Å². The van der Waals surface area contributed by atoms with Gasteiger partial charge in [0.05, 0.1) is 6.33 Å². The molecule has 0 atom stereocenters. The van der Waals surface area contributed by atoms with Gasteiger partial charge in [0.2, 0.25) is 0 Å². The average Bonchev–Trinajstić information content (AvgIpc) is 2.37. The van der Waals surface area contributed by atoms with Crippen LogP contribution in [0.25, 0.3) is 0 Å². The molecule has 0 unspecified atom stereocenters. The molecule has 7 heteroatoms. The van der Waals surface area contributed by atoms with Gasteiger partial charge >= 0.3 is 0 Å². The van der Waals surface area contributed by atoms with Crippen molar-refractivity contribution in [3.05, 3.63) is 50.5 Å². The Morgan fingerprint density at radius 2 is 2.16 bits per heavy atom. The van der Waals surface area contributed by atoms with Crippen LogP contribution in [0.2, 0.25) is 10.0 Å². The van der Waals surface area contributed by atoms with E-state index < -0.39 is 0 Å². The van der Waals surface area contributed by atoms with Gasteiger partial charge in [-0.15, -0.1) is 0 Å². The van der Waals surface area contributed by atoms with Gasteiger partial charge in [-0.25, -0.2) is 4.98 Å². The number of aromatic amines is 1. The van der Waals surface area contributed by atoms with E-state index in [0.717, 1.165) is 5.56 Å². The number of benzene rings is 1. The van der Waals surface area contributed by atoms with E-state index in [1.165, 1.54) is 6.33 Å². The minimum Gasteiger partial charge on any atom is -0.391 e. The molecule has 2 aromatic rings. The maximum absolute atomic E-state index is 11.3. The number of nitrogens with two attached hydrogens (primary N) is 1. The van der Waals surface area contributed by atoms with Gasteiger partial charge in [-0.1, -0.05) is 29.3 Å². The summed E-state index contributed by atoms with van der Waals surface area (Å²) in [5.41, 5.74) is 6.27. The molecule has 0 aliphatic carbocycles. The van der Waals surface area contributed by atoms with Gasteiger partial charge in [0.15, 0.2) is 5.82 Å². The Morgan fingerprint density at radius 1 is 1.37 bits per heavy atom. The molecule has 5 nitrogen and oxygen atoms in total. The van der Waals surface area contributed by atoms with Crippen LogP contribution in [0.4, 0.5) is 11.5 Å². The number of aromatic nitrogens is 2. The molecule has 0 aliphatic heterocycles. The van der Waals surface area contributed by atoms with Gasteiger partial charge in [-0.3, -0.25) is 4.79 Å². The molecule has 1 aromatic carbocycles. The molecule has 0 spiro atoms. The predicted octanol–water partition coefficient (Wildman–Crippen LogP) is 2.31. The first-order valence-corrected chi connectivity index (χ1v) is 6.34. The molecule has 0 radical (unpaired) electrons. The van der Waals surface area contributed by atoms with E-state index in [4.69, 9.17) is 28.9 Å². The smallest absolute Gasteiger partial charge is 0.276 e. The van der Waals surface area contributed by atoms with Crippen molar-refractivity contribution >= 4 is 34.7 Å². The molecule has 0 amide bonds. The highest BCUT2D eigenvalue weighted by molar-refractivity contribution is 6.35. The minimum atomic E-state index is -0.359. The molecule has 2 rings (SSSR count). The van der Waals surface area contributed by atoms with Crippen molar-refractivity contribution in [2.24, 2.45) is 0 Å². The number of anilines is 2. The third-order valence-electron chi connectivity index (χ3n) is 2.59. The molecule has 0 bridgehead atoms. The van der Waals surface area contributed by atoms with Crippen LogP contribution in [0.5, 0.6) is 0 Å². The van der Waals surface area contributed by atoms with Crippen LogP contribution >= 0.6 is 23.2 Å². The zero-order valence-electron chi connectivity index (χ0n) is 9.91. The van der Waals surface area contributed by atoms with E-state index in [-0.39, 0.29) is 11.2 Å². The van der Waals surface area contributed by atoms with Gasteiger partial charge in [0, 0.05) is 16.6 Å². The zero-order chi connectivity index (χ0) is 13.8. The number of halogens is 2. The number of H-pyrrole nitrogens is 1. The Kier molecular flexibility index (Phi) is 4.29. The highest BCUT2D eigenvalue weighted by atomic mass is 35.5. The molecule has 19 heavy (non-hydrogen) atoms. The summed E-state index contributed by atoms with van der Waals surface area (Å²) >= 11 is 11.9. The van der Waals surface area contributed by atoms with Gasteiger partial charge in [-0.05, 0) is 24.1 Å². The molecule has 0 fully saturated rings. The number of nitrogen functional groups attached to an aromatic ring is 1. The van der Waals surface area contributed by atoms with Crippen LogP contribution < -0.4 is 16.6 Å². The predicted molar refractivity (Wildman–Crippen MR) is 77.9 cm³/mol. The second-order valence-corrected chi connectivity index (χ2v) is 4.75. The normalized spacial score (nSPS) is 10.4. The molecule has 0 aliphatic rings. The summed E-state index contributed by atoms with van der Waals surface area (Å²) in [6, 6.07) is 5.34. The number of hydrogen-bond donors (Lipinski definition) is 3. The first-order valence-electron chi connectivity index (χ1n) is 5.59. The Bertz CT molecular complexity index is 642. The summed E-state index contributed by atoms with van der Waals surface area (Å²) in [4.78, 5) is 17.6. The number of nitrogens with zero attached hydrogens (tertiary/aromatic N) is 1. The van der Waals surface area contributed by atoms with E-state index in [9.17, 15) is 4.79 Å². The van der Waals surface area contributed by atoms with Crippen LogP contribution in [0, 0.1) is 0 Å². The monoisotopic (exact) mass is 298 g/mol. The van der Waals surface area contributed by atoms with Crippen LogP contribution in [0.3, 0.4) is 0 Å². The topological polar surface area (TPSA) is 83.8 Å². The van der Waals surface area contributed by atoms with E-state index in [1.54, 1.807) is 12.1 Å². The molecule has 1 heterocycles. The van der Waals surface area contributed by atoms with Gasteiger partial charge in [0.25, 0.3) is 5.56 Å². The highest BCUT2D eigenvalue weighted by Crippen LogP contribution is 2.21. The second-order valence-electron chi connectivity index (χ2n) is 3.91. The average molecular weight is 299 g/mol. The molecule has 0 saturated heterocycles. The second kappa shape index (κ2) is 5.95. The van der Waals surface area contributed by atoms with Crippen LogP contribution in [-0.2, 0) is 6.42 Å². The fraction of sp³-hybridized carbons (Fsp3) is 0.167. The summed E-state index contributed by atoms with van der Waals surface area (Å²) in [5.74, 6) is 0.369. The van der Waals surface area contributed by atoms with Gasteiger partial charge < -0.3 is 16.0 Å². The van der Waals surface area contributed by atoms with Gasteiger partial charge in [-0.2, -0.15) is 0 Å². The fourth-order valence-electron chi connectivity index (χ4n) is 1.59. The van der Waals surface area contributed by atoms with Gasteiger partial charge in [0.1, 0.15) is 5.69 Å². The van der Waals surface area contributed by atoms with Crippen LogP contribution in [0.15, 0.2) is 29.3 Å². The molecule has 4 N–H and O–H groups in total. The molecular formula is C12H12Cl2N4O. The maximum atomic E-state index is 11.3. The van der Waals surface area contributed by atoms with E-state index in [1.807, 2.05) is 6.07 Å². The summed E-state index contributed by atoms with van der Waals surface area (Å²) < 4.78 is 0. The number of rotatable bonds is 4. The van der Waals surface area contributed by atoms with Crippen molar-refractivity contribution in [1.29, 1.82) is 0 Å². The van der Waals surface area contributed by atoms with Crippen molar-refractivity contribution in [2.45, 2.75) is 6.42 Å². The Hall–Kier alpha value is -1.72. The fourth-order valence-corrected chi connectivity index (χ4v) is 2.09. The van der Waals surface area contributed by atoms with E-state index in [0.29, 0.717) is 28.8 Å². The first kappa shape index (κ1) is 13.7. The van der Waals surface area contributed by atoms with E-state index >= 15 is 0 Å². The molecule has 0 saturated carbocycles. The quantitative estimate of drug-likeness (QED) is 0.809. The molecule has 1 aromatic heterocycles. The SMILES string of the molecule is Nc1c(NCCc2ccc(Cl)cc2Cl)nc[nH]c1=O. The summed E-state index contributed by atoms with van der Waals surface area (Å²) in [6.07, 6.45) is 1.97. The van der Waals surface area contributed by atoms with Crippen molar-refractivity contribution < 1.29 is 0 Å². The third-order valence-corrected chi connectivity index (χ3v) is 3.18. The van der Waals surface area contributed by atoms with Crippen molar-refractivity contribution in [2.75, 3.05) is 17.6 Å². The standard InChI is InChI=1S/C12H12Cl2N4O/c13-8-2-1-7(9(14)5-8)3-4-16-11-10(15)12(19)18-6-17-11/h1-2,5-6H,3-4,15H2,(H2,16,17,18,19). The first-order chi connectivity index (χ1) is 9.08. The lowest BCUT2D eigenvalue weighted by Crippen LogP contribution is -2.17. The molecular weight excluding hydrogens is 287 g/mol. The summed E-state index contributed by atoms with van der Waals surface area (Å²) in [6.45, 7) is 0.558. The van der Waals surface area contributed by atoms with Crippen molar-refractivity contribution in [1.82, 2.24) is 9.97 Å². The Balaban J connectivity index is 2.00. The summed E-state index contributed by atoms with van der Waals surface area (Å²) in [7, 11) is 0. The molecule has 100 valence electrons. The lowest BCUT2D eigenvalue weighted by molar-refractivity contribution is 0.996. The third kappa shape index (κ3) is 3.39. The lowest BCUT2D eigenvalue weighted by atomic mass is 10.1. The van der Waals surface area contributed by atoms with Crippen molar-refractivity contribution in [3.8, 4) is 0 Å². The van der Waals surface area contributed by atoms with Crippen LogP contribution in [-0.4, -0.2) is 16.5 Å². The minimum absolute atomic E-state index is 0.0738. The maximum Gasteiger partial charge on any atom is 0.276 e. The highest BCUT2D eigenvalue weighted by Gasteiger charge is 2.05. The largest absolute Gasteiger partial charge is 0.391 e.